The molecule has 5 atom stereocenters. The van der Waals surface area contributed by atoms with Gasteiger partial charge in [-0.3, -0.25) is 14.4 Å². The second kappa shape index (κ2) is 10.0. The standard InChI is InChI=1S/C20H34O8/c1-7-11(4)20(12(5)8-2,13(6)9-3)16(23)15(17(24)25)19(28,18(26)27)10-14(21)22/h11-13,15,28H,7-10H2,1-6H3,(H,21,22)(H,24,25)(H,26,27). The minimum absolute atomic E-state index is 0.297. The molecule has 0 heterocycles. The first kappa shape index (κ1) is 26.0. The molecule has 0 radical (unpaired) electrons. The molecule has 5 unspecified atom stereocenters. The molecule has 0 aliphatic rings. The van der Waals surface area contributed by atoms with Gasteiger partial charge in [0, 0.05) is 5.41 Å². The van der Waals surface area contributed by atoms with Gasteiger partial charge < -0.3 is 20.4 Å². The van der Waals surface area contributed by atoms with E-state index in [4.69, 9.17) is 5.11 Å². The van der Waals surface area contributed by atoms with Crippen LogP contribution in [0.15, 0.2) is 0 Å². The molecule has 0 amide bonds. The van der Waals surface area contributed by atoms with Gasteiger partial charge >= 0.3 is 17.9 Å². The van der Waals surface area contributed by atoms with E-state index in [1.54, 1.807) is 0 Å². The Labute approximate surface area is 165 Å². The van der Waals surface area contributed by atoms with Crippen molar-refractivity contribution in [2.24, 2.45) is 29.1 Å². The van der Waals surface area contributed by atoms with Gasteiger partial charge in [-0.05, 0) is 17.8 Å². The van der Waals surface area contributed by atoms with E-state index in [2.05, 4.69) is 0 Å². The molecule has 0 bridgehead atoms. The molecule has 8 heteroatoms. The van der Waals surface area contributed by atoms with Crippen LogP contribution in [-0.2, 0) is 19.2 Å². The third kappa shape index (κ3) is 4.54. The van der Waals surface area contributed by atoms with Crippen molar-refractivity contribution in [1.29, 1.82) is 0 Å². The van der Waals surface area contributed by atoms with Crippen LogP contribution in [0, 0.1) is 29.1 Å². The molecule has 0 spiro atoms. The molecule has 0 saturated heterocycles. The Kier molecular flexibility index (Phi) is 9.30. The first-order valence-corrected chi connectivity index (χ1v) is 9.73. The summed E-state index contributed by atoms with van der Waals surface area (Å²) in [4.78, 5) is 48.6. The van der Waals surface area contributed by atoms with Gasteiger partial charge in [-0.25, -0.2) is 4.79 Å². The van der Waals surface area contributed by atoms with E-state index in [9.17, 15) is 34.5 Å². The van der Waals surface area contributed by atoms with Crippen LogP contribution in [0.25, 0.3) is 0 Å². The van der Waals surface area contributed by atoms with Gasteiger partial charge in [0.05, 0.1) is 6.42 Å². The van der Waals surface area contributed by atoms with Crippen molar-refractivity contribution in [2.75, 3.05) is 0 Å². The first-order chi connectivity index (χ1) is 12.8. The Morgan fingerprint density at radius 3 is 1.36 bits per heavy atom. The summed E-state index contributed by atoms with van der Waals surface area (Å²) in [6.45, 7) is 11.0. The molecule has 0 aromatic carbocycles. The highest BCUT2D eigenvalue weighted by Crippen LogP contribution is 2.50. The molecule has 0 aliphatic carbocycles. The van der Waals surface area contributed by atoms with Crippen molar-refractivity contribution in [1.82, 2.24) is 0 Å². The summed E-state index contributed by atoms with van der Waals surface area (Å²) in [6.07, 6.45) is 0.230. The van der Waals surface area contributed by atoms with E-state index >= 15 is 0 Å². The zero-order valence-electron chi connectivity index (χ0n) is 17.6. The average Bonchev–Trinajstić information content (AvgIpc) is 2.60. The summed E-state index contributed by atoms with van der Waals surface area (Å²) < 4.78 is 0. The molecule has 8 nitrogen and oxygen atoms in total. The molecule has 0 aromatic rings. The quantitative estimate of drug-likeness (QED) is 0.343. The molecule has 4 N–H and O–H groups in total. The smallest absolute Gasteiger partial charge is 0.337 e. The van der Waals surface area contributed by atoms with Crippen molar-refractivity contribution < 1.29 is 39.6 Å². The van der Waals surface area contributed by atoms with Crippen LogP contribution in [0.2, 0.25) is 0 Å². The van der Waals surface area contributed by atoms with Gasteiger partial charge in [-0.1, -0.05) is 60.8 Å². The van der Waals surface area contributed by atoms with Crippen LogP contribution < -0.4 is 0 Å². The number of carbonyl (C=O) groups excluding carboxylic acids is 1. The molecule has 0 aromatic heterocycles. The number of carbonyl (C=O) groups is 4. The SMILES string of the molecule is CCC(C)C(C(=O)C(C(=O)O)C(O)(CC(=O)O)C(=O)O)(C(C)CC)C(C)CC. The predicted octanol–water partition coefficient (Wildman–Crippen LogP) is 2.67. The fourth-order valence-electron chi connectivity index (χ4n) is 4.51. The zero-order chi connectivity index (χ0) is 22.4. The van der Waals surface area contributed by atoms with E-state index in [1.807, 2.05) is 41.5 Å². The number of carboxylic acid groups (broad SMARTS) is 3. The Bertz CT molecular complexity index is 572. The van der Waals surface area contributed by atoms with Crippen molar-refractivity contribution in [3.8, 4) is 0 Å². The fraction of sp³-hybridized carbons (Fsp3) is 0.800. The maximum Gasteiger partial charge on any atom is 0.337 e. The number of Topliss-reactive ketones (excluding diaryl/α,β-unsaturated/α-hetero) is 1. The average molecular weight is 402 g/mol. The zero-order valence-corrected chi connectivity index (χ0v) is 17.6. The minimum Gasteiger partial charge on any atom is -0.481 e. The molecule has 0 saturated carbocycles. The second-order valence-corrected chi connectivity index (χ2v) is 7.80. The molecule has 0 aliphatic heterocycles. The summed E-state index contributed by atoms with van der Waals surface area (Å²) in [7, 11) is 0. The Balaban J connectivity index is 6.91. The Morgan fingerprint density at radius 1 is 0.786 bits per heavy atom. The van der Waals surface area contributed by atoms with Crippen molar-refractivity contribution in [2.45, 2.75) is 72.8 Å². The largest absolute Gasteiger partial charge is 0.481 e. The van der Waals surface area contributed by atoms with Gasteiger partial charge in [0.1, 0.15) is 0 Å². The summed E-state index contributed by atoms with van der Waals surface area (Å²) in [5.74, 6) is -9.77. The van der Waals surface area contributed by atoms with E-state index in [1.165, 1.54) is 0 Å². The number of rotatable bonds is 13. The number of ketones is 1. The van der Waals surface area contributed by atoms with Gasteiger partial charge in [-0.2, -0.15) is 0 Å². The molecule has 0 rings (SSSR count). The number of carboxylic acids is 3. The maximum absolute atomic E-state index is 13.7. The third-order valence-corrected chi connectivity index (χ3v) is 6.49. The van der Waals surface area contributed by atoms with Crippen molar-refractivity contribution >= 4 is 23.7 Å². The molecular formula is C20H34O8. The van der Waals surface area contributed by atoms with Crippen molar-refractivity contribution in [3.63, 3.8) is 0 Å². The maximum atomic E-state index is 13.7. The lowest BCUT2D eigenvalue weighted by atomic mass is 9.53. The normalized spacial score (nSPS) is 20.1. The van der Waals surface area contributed by atoms with E-state index in [0.717, 1.165) is 0 Å². The van der Waals surface area contributed by atoms with Crippen LogP contribution in [0.3, 0.4) is 0 Å². The monoisotopic (exact) mass is 402 g/mol. The van der Waals surface area contributed by atoms with Crippen LogP contribution in [0.4, 0.5) is 0 Å². The Hall–Kier alpha value is -1.96. The lowest BCUT2D eigenvalue weighted by molar-refractivity contribution is -0.186. The number of aliphatic hydroxyl groups is 1. The predicted molar refractivity (Wildman–Crippen MR) is 102 cm³/mol. The molecule has 28 heavy (non-hydrogen) atoms. The van der Waals surface area contributed by atoms with Crippen LogP contribution in [-0.4, -0.2) is 49.7 Å². The minimum atomic E-state index is -3.24. The Morgan fingerprint density at radius 2 is 1.14 bits per heavy atom. The van der Waals surface area contributed by atoms with Crippen LogP contribution >= 0.6 is 0 Å². The van der Waals surface area contributed by atoms with Gasteiger partial charge in [0.2, 0.25) is 0 Å². The van der Waals surface area contributed by atoms with Gasteiger partial charge in [-0.15, -0.1) is 0 Å². The third-order valence-electron chi connectivity index (χ3n) is 6.49. The molecular weight excluding hydrogens is 368 g/mol. The summed E-state index contributed by atoms with van der Waals surface area (Å²) in [6, 6.07) is 0. The number of aliphatic carboxylic acids is 3. The van der Waals surface area contributed by atoms with E-state index < -0.39 is 47.0 Å². The molecule has 0 fully saturated rings. The van der Waals surface area contributed by atoms with E-state index in [0.29, 0.717) is 19.3 Å². The first-order valence-electron chi connectivity index (χ1n) is 9.73. The number of hydrogen-bond acceptors (Lipinski definition) is 5. The lowest BCUT2D eigenvalue weighted by Crippen LogP contribution is -2.60. The highest BCUT2D eigenvalue weighted by atomic mass is 16.4. The summed E-state index contributed by atoms with van der Waals surface area (Å²) >= 11 is 0. The fourth-order valence-corrected chi connectivity index (χ4v) is 4.51. The highest BCUT2D eigenvalue weighted by molar-refractivity contribution is 6.07. The highest BCUT2D eigenvalue weighted by Gasteiger charge is 2.61. The van der Waals surface area contributed by atoms with Crippen molar-refractivity contribution in [3.05, 3.63) is 0 Å². The van der Waals surface area contributed by atoms with Gasteiger partial charge in [0.25, 0.3) is 0 Å². The van der Waals surface area contributed by atoms with E-state index in [-0.39, 0.29) is 17.8 Å². The second-order valence-electron chi connectivity index (χ2n) is 7.80. The summed E-state index contributed by atoms with van der Waals surface area (Å²) in [5, 5.41) is 38.9. The molecule has 162 valence electrons. The lowest BCUT2D eigenvalue weighted by Gasteiger charge is -2.49. The van der Waals surface area contributed by atoms with Crippen LogP contribution in [0.1, 0.15) is 67.2 Å². The summed E-state index contributed by atoms with van der Waals surface area (Å²) in [5.41, 5.74) is -4.46. The van der Waals surface area contributed by atoms with Crippen LogP contribution in [0.5, 0.6) is 0 Å². The number of hydrogen-bond donors (Lipinski definition) is 4. The topological polar surface area (TPSA) is 149 Å². The van der Waals surface area contributed by atoms with Gasteiger partial charge in [0.15, 0.2) is 17.3 Å².